The molecule has 0 bridgehead atoms. The van der Waals surface area contributed by atoms with Crippen LogP contribution in [0.5, 0.6) is 0 Å². The van der Waals surface area contributed by atoms with Crippen LogP contribution in [0.4, 0.5) is 0 Å². The molecule has 0 radical (unpaired) electrons. The fourth-order valence-corrected chi connectivity index (χ4v) is 39.6. The van der Waals surface area contributed by atoms with E-state index in [9.17, 15) is 0 Å². The third-order valence-electron chi connectivity index (χ3n) is 15.4. The predicted molar refractivity (Wildman–Crippen MR) is 296 cm³/mol. The summed E-state index contributed by atoms with van der Waals surface area (Å²) in [6.45, 7) is 30.1. The van der Waals surface area contributed by atoms with Crippen LogP contribution in [0.3, 0.4) is 0 Å². The summed E-state index contributed by atoms with van der Waals surface area (Å²) >= 11 is -4.61. The number of rotatable bonds is 12. The molecule has 6 aromatic carbocycles. The van der Waals surface area contributed by atoms with E-state index in [2.05, 4.69) is 246 Å². The first kappa shape index (κ1) is 46.9. The fourth-order valence-electron chi connectivity index (χ4n) is 11.0. The minimum absolute atomic E-state index is 0.351. The van der Waals surface area contributed by atoms with E-state index in [1.807, 2.05) is 0 Å². The van der Waals surface area contributed by atoms with Crippen LogP contribution in [0.15, 0.2) is 146 Å². The predicted octanol–water partition coefficient (Wildman–Crippen LogP) is 14.5. The molecule has 0 fully saturated rings. The summed E-state index contributed by atoms with van der Waals surface area (Å²) in [6, 6.07) is 53.0. The zero-order valence-corrected chi connectivity index (χ0v) is 49.2. The van der Waals surface area contributed by atoms with E-state index in [4.69, 9.17) is 0 Å². The van der Waals surface area contributed by atoms with Crippen molar-refractivity contribution < 1.29 is 18.0 Å². The van der Waals surface area contributed by atoms with E-state index in [0.717, 1.165) is 12.8 Å². The molecule has 64 heavy (non-hydrogen) atoms. The molecule has 0 saturated carbocycles. The molecule has 330 valence electrons. The van der Waals surface area contributed by atoms with Gasteiger partial charge in [0.1, 0.15) is 0 Å². The van der Waals surface area contributed by atoms with Crippen molar-refractivity contribution in [3.63, 3.8) is 0 Å². The Morgan fingerprint density at radius 3 is 1.05 bits per heavy atom. The second-order valence-corrected chi connectivity index (χ2v) is 70.5. The second kappa shape index (κ2) is 16.9. The van der Waals surface area contributed by atoms with Gasteiger partial charge in [0.15, 0.2) is 0 Å². The van der Waals surface area contributed by atoms with Gasteiger partial charge >= 0.3 is 396 Å². The minimum atomic E-state index is -4.61. The van der Waals surface area contributed by atoms with E-state index in [0.29, 0.717) is 7.35 Å². The molecule has 2 aliphatic carbocycles. The molecule has 8 rings (SSSR count). The van der Waals surface area contributed by atoms with Crippen LogP contribution in [0.2, 0.25) is 87.9 Å². The van der Waals surface area contributed by atoms with Crippen LogP contribution < -0.4 is 20.7 Å². The number of hydrogen-bond acceptors (Lipinski definition) is 0. The van der Waals surface area contributed by atoms with Crippen LogP contribution >= 0.6 is 0 Å². The van der Waals surface area contributed by atoms with Crippen molar-refractivity contribution in [3.8, 4) is 22.3 Å². The van der Waals surface area contributed by atoms with Crippen molar-refractivity contribution in [1.29, 1.82) is 0 Å². The molecule has 2 unspecified atom stereocenters. The average Bonchev–Trinajstić information content (AvgIpc) is 3.90. The topological polar surface area (TPSA) is 0 Å². The van der Waals surface area contributed by atoms with Gasteiger partial charge in [-0.15, -0.1) is 0 Å². The van der Waals surface area contributed by atoms with Crippen molar-refractivity contribution >= 4 is 68.4 Å². The molecule has 2 atom stereocenters. The summed E-state index contributed by atoms with van der Waals surface area (Å²) in [7, 11) is -6.31. The monoisotopic (exact) mass is 1070 g/mol. The third-order valence-corrected chi connectivity index (χ3v) is 50.1. The Hall–Kier alpha value is -3.59. The summed E-state index contributed by atoms with van der Waals surface area (Å²) in [6.07, 6.45) is 12.5. The molecule has 0 heterocycles. The quantitative estimate of drug-likeness (QED) is 0.107. The van der Waals surface area contributed by atoms with E-state index in [1.165, 1.54) is 44.5 Å². The molecule has 5 heteroatoms. The Balaban J connectivity index is 1.40. The molecule has 6 aromatic rings. The van der Waals surface area contributed by atoms with Crippen molar-refractivity contribution in [3.05, 3.63) is 179 Å². The first-order valence-electron chi connectivity index (χ1n) is 24.0. The fraction of sp³-hybridized carbons (Fsp3) is 0.305. The van der Waals surface area contributed by atoms with Gasteiger partial charge in [0.25, 0.3) is 0 Å². The first-order valence-corrected chi connectivity index (χ1v) is 51.1. The summed E-state index contributed by atoms with van der Waals surface area (Å²) in [5.74, 6) is 0. The van der Waals surface area contributed by atoms with Gasteiger partial charge in [-0.25, -0.2) is 0 Å². The SMILES string of the molecule is C[Si](C)(C)c1cc(-c2cccc3c2C=C[CH]3[Hf]([CH3])([CH3])(=[C](Cc2ccccc2)Cc2ccccc2)[CH]2C=Cc3c(-c4cc([Si](C)(C)C)cc([Si](C)(C)C)c4)cccc32)cc([Si](C)(C)C)c1. The number of allylic oxidation sites excluding steroid dienone is 2. The van der Waals surface area contributed by atoms with Crippen LogP contribution in [-0.2, 0) is 30.9 Å². The molecule has 2 aliphatic rings. The van der Waals surface area contributed by atoms with Gasteiger partial charge < -0.3 is 0 Å². The standard InChI is InChI=1S/2C21H27Si2.C15H14.2CH3.Hf/c2*1-22(2,3)18-13-17(14-19(15-18)23(4,5)6)21-12-8-10-16-9-7-11-20(16)21;1-3-8-14(9-4-1)12-7-13-15-10-5-2-6-11-15;;;/h2*7-15H,1-6H3;1-6,8-11H,12-13H2;2*1H3;. The first-order chi connectivity index (χ1) is 29.9. The summed E-state index contributed by atoms with van der Waals surface area (Å²) in [5.41, 5.74) is 14.5. The summed E-state index contributed by atoms with van der Waals surface area (Å²) in [5, 5.41) is 6.31. The van der Waals surface area contributed by atoms with Gasteiger partial charge in [0, 0.05) is 0 Å². The van der Waals surface area contributed by atoms with Gasteiger partial charge in [-0.05, 0) is 0 Å². The normalized spacial score (nSPS) is 16.5. The van der Waals surface area contributed by atoms with Crippen LogP contribution in [0.25, 0.3) is 34.4 Å². The van der Waals surface area contributed by atoms with E-state index >= 15 is 0 Å². The Morgan fingerprint density at radius 2 is 0.734 bits per heavy atom. The summed E-state index contributed by atoms with van der Waals surface area (Å²) < 4.78 is 8.23. The van der Waals surface area contributed by atoms with Gasteiger partial charge in [-0.1, -0.05) is 0 Å². The molecular formula is C59H74HfSi4. The van der Waals surface area contributed by atoms with E-state index < -0.39 is 50.3 Å². The van der Waals surface area contributed by atoms with Crippen LogP contribution in [-0.4, -0.2) is 35.6 Å². The molecule has 0 aromatic heterocycles. The maximum absolute atomic E-state index is 4.61. The van der Waals surface area contributed by atoms with Gasteiger partial charge in [0.2, 0.25) is 0 Å². The third kappa shape index (κ3) is 8.98. The molecule has 0 saturated heterocycles. The molecule has 0 nitrogen and oxygen atoms in total. The van der Waals surface area contributed by atoms with E-state index in [-0.39, 0.29) is 0 Å². The number of benzene rings is 6. The Kier molecular flexibility index (Phi) is 12.4. The number of fused-ring (bicyclic) bond motifs is 2. The average molecular weight is 1070 g/mol. The van der Waals surface area contributed by atoms with Crippen LogP contribution in [0, 0.1) is 0 Å². The molecule has 0 amide bonds. The number of hydrogen-bond donors (Lipinski definition) is 0. The zero-order chi connectivity index (χ0) is 46.1. The Bertz CT molecular complexity index is 2610. The van der Waals surface area contributed by atoms with Crippen molar-refractivity contribution in [2.75, 3.05) is 0 Å². The second-order valence-electron chi connectivity index (χ2n) is 24.4. The van der Waals surface area contributed by atoms with Crippen molar-refractivity contribution in [2.24, 2.45) is 0 Å². The summed E-state index contributed by atoms with van der Waals surface area (Å²) in [4.78, 5) is 0. The maximum atomic E-state index is 2.87. The van der Waals surface area contributed by atoms with Crippen LogP contribution in [0.1, 0.15) is 40.7 Å². The van der Waals surface area contributed by atoms with Crippen molar-refractivity contribution in [2.45, 2.75) is 108 Å². The van der Waals surface area contributed by atoms with Crippen molar-refractivity contribution in [1.82, 2.24) is 0 Å². The Labute approximate surface area is 392 Å². The molecule has 0 N–H and O–H groups in total. The van der Waals surface area contributed by atoms with Gasteiger partial charge in [-0.2, -0.15) is 0 Å². The van der Waals surface area contributed by atoms with E-state index in [1.54, 1.807) is 35.1 Å². The van der Waals surface area contributed by atoms with Gasteiger partial charge in [-0.3, -0.25) is 0 Å². The van der Waals surface area contributed by atoms with Gasteiger partial charge in [0.05, 0.1) is 0 Å². The Morgan fingerprint density at radius 1 is 0.406 bits per heavy atom. The zero-order valence-electron chi connectivity index (χ0n) is 41.6. The molecular weight excluding hydrogens is 999 g/mol. The molecule has 0 spiro atoms. The molecule has 0 aliphatic heterocycles.